The van der Waals surface area contributed by atoms with Crippen molar-refractivity contribution in [1.82, 2.24) is 0 Å². The molecule has 0 aliphatic rings. The first kappa shape index (κ1) is 20.2. The van der Waals surface area contributed by atoms with Crippen molar-refractivity contribution >= 4 is 46.4 Å². The highest BCUT2D eigenvalue weighted by atomic mass is 35.5. The third kappa shape index (κ3) is 5.98. The molecule has 26 heavy (non-hydrogen) atoms. The predicted octanol–water partition coefficient (Wildman–Crippen LogP) is 2.61. The summed E-state index contributed by atoms with van der Waals surface area (Å²) in [6, 6.07) is 9.73. The van der Waals surface area contributed by atoms with Gasteiger partial charge in [0, 0.05) is 21.4 Å². The van der Waals surface area contributed by atoms with E-state index in [4.69, 9.17) is 23.2 Å². The number of benzene rings is 2. The number of carbonyl (C=O) groups is 2. The van der Waals surface area contributed by atoms with Gasteiger partial charge in [-0.2, -0.15) is 0 Å². The second-order valence-corrected chi connectivity index (χ2v) is 6.82. The number of carbonyl (C=O) groups excluding carboxylic acids is 2. The molecule has 2 amide bonds. The normalized spacial score (nSPS) is 13.0. The van der Waals surface area contributed by atoms with Crippen molar-refractivity contribution in [2.45, 2.75) is 13.0 Å². The Hall–Kier alpha value is -2.15. The summed E-state index contributed by atoms with van der Waals surface area (Å²) in [5.74, 6) is -0.924. The van der Waals surface area contributed by atoms with Crippen molar-refractivity contribution in [2.24, 2.45) is 0 Å². The van der Waals surface area contributed by atoms with Gasteiger partial charge in [-0.25, -0.2) is 4.39 Å². The van der Waals surface area contributed by atoms with Gasteiger partial charge >= 0.3 is 0 Å². The van der Waals surface area contributed by atoms with Gasteiger partial charge in [0.15, 0.2) is 12.6 Å². The van der Waals surface area contributed by atoms with Crippen molar-refractivity contribution in [3.8, 4) is 0 Å². The molecule has 1 unspecified atom stereocenters. The third-order valence-corrected chi connectivity index (χ3v) is 4.27. The fourth-order valence-corrected chi connectivity index (χ4v) is 2.77. The Kier molecular flexibility index (Phi) is 6.97. The lowest BCUT2D eigenvalue weighted by Crippen LogP contribution is -3.14. The van der Waals surface area contributed by atoms with E-state index in [1.807, 2.05) is 0 Å². The Balaban J connectivity index is 1.90. The van der Waals surface area contributed by atoms with Crippen molar-refractivity contribution in [3.05, 3.63) is 58.3 Å². The number of quaternary nitrogens is 1. The Morgan fingerprint density at radius 2 is 1.62 bits per heavy atom. The highest BCUT2D eigenvalue weighted by Gasteiger charge is 2.24. The van der Waals surface area contributed by atoms with E-state index in [0.717, 1.165) is 0 Å². The van der Waals surface area contributed by atoms with Gasteiger partial charge < -0.3 is 15.5 Å². The van der Waals surface area contributed by atoms with Gasteiger partial charge in [0.05, 0.1) is 7.05 Å². The first-order valence-electron chi connectivity index (χ1n) is 7.89. The lowest BCUT2D eigenvalue weighted by Gasteiger charge is -2.20. The van der Waals surface area contributed by atoms with Crippen molar-refractivity contribution in [2.75, 3.05) is 24.2 Å². The molecule has 0 aliphatic carbocycles. The molecule has 3 N–H and O–H groups in total. The standard InChI is InChI=1S/C18H18Cl2FN3O2/c1-11(18(26)23-16-8-12(19)7-13(20)9-16)24(2)10-17(25)22-15-5-3-14(21)4-6-15/h3-9,11H,10H2,1-2H3,(H,22,25)(H,23,26)/p+1/t11-/m1/s1. The highest BCUT2D eigenvalue weighted by molar-refractivity contribution is 6.35. The van der Waals surface area contributed by atoms with Crippen LogP contribution in [0.2, 0.25) is 10.0 Å². The molecule has 0 radical (unpaired) electrons. The Labute approximate surface area is 161 Å². The number of hydrogen-bond donors (Lipinski definition) is 3. The van der Waals surface area contributed by atoms with Crippen LogP contribution in [0.15, 0.2) is 42.5 Å². The largest absolute Gasteiger partial charge is 0.321 e. The summed E-state index contributed by atoms with van der Waals surface area (Å²) in [5.41, 5.74) is 0.984. The molecule has 0 spiro atoms. The summed E-state index contributed by atoms with van der Waals surface area (Å²) in [6.45, 7) is 1.78. The van der Waals surface area contributed by atoms with Gasteiger partial charge in [0.25, 0.3) is 11.8 Å². The topological polar surface area (TPSA) is 62.6 Å². The minimum absolute atomic E-state index is 0.0717. The average molecular weight is 399 g/mol. The molecule has 0 saturated heterocycles. The number of anilines is 2. The first-order valence-corrected chi connectivity index (χ1v) is 8.65. The summed E-state index contributed by atoms with van der Waals surface area (Å²) in [7, 11) is 1.74. The van der Waals surface area contributed by atoms with Crippen LogP contribution in [0.1, 0.15) is 6.92 Å². The number of halogens is 3. The molecule has 0 aromatic heterocycles. The summed E-state index contributed by atoms with van der Waals surface area (Å²) in [6.07, 6.45) is 0. The molecule has 0 saturated carbocycles. The van der Waals surface area contributed by atoms with E-state index in [-0.39, 0.29) is 24.2 Å². The number of likely N-dealkylation sites (N-methyl/N-ethyl adjacent to an activating group) is 1. The minimum Gasteiger partial charge on any atom is -0.321 e. The second kappa shape index (κ2) is 8.98. The van der Waals surface area contributed by atoms with Gasteiger partial charge in [-0.15, -0.1) is 0 Å². The molecular weight excluding hydrogens is 380 g/mol. The molecule has 2 aromatic carbocycles. The van der Waals surface area contributed by atoms with Crippen LogP contribution in [0.25, 0.3) is 0 Å². The smallest absolute Gasteiger partial charge is 0.282 e. The molecule has 8 heteroatoms. The number of rotatable bonds is 6. The monoisotopic (exact) mass is 398 g/mol. The average Bonchev–Trinajstić information content (AvgIpc) is 2.55. The van der Waals surface area contributed by atoms with Gasteiger partial charge in [-0.3, -0.25) is 9.59 Å². The molecule has 2 rings (SSSR count). The number of hydrogen-bond acceptors (Lipinski definition) is 2. The van der Waals surface area contributed by atoms with Crippen LogP contribution in [-0.2, 0) is 9.59 Å². The van der Waals surface area contributed by atoms with Crippen LogP contribution in [0, 0.1) is 5.82 Å². The van der Waals surface area contributed by atoms with Crippen LogP contribution in [0.4, 0.5) is 15.8 Å². The van der Waals surface area contributed by atoms with Crippen LogP contribution < -0.4 is 15.5 Å². The van der Waals surface area contributed by atoms with Crippen molar-refractivity contribution in [1.29, 1.82) is 0 Å². The van der Waals surface area contributed by atoms with E-state index in [2.05, 4.69) is 10.6 Å². The molecule has 0 aliphatic heterocycles. The lowest BCUT2D eigenvalue weighted by molar-refractivity contribution is -0.885. The van der Waals surface area contributed by atoms with E-state index >= 15 is 0 Å². The first-order chi connectivity index (χ1) is 12.2. The molecule has 2 atom stereocenters. The van der Waals surface area contributed by atoms with Gasteiger partial charge in [0.2, 0.25) is 0 Å². The predicted molar refractivity (Wildman–Crippen MR) is 101 cm³/mol. The van der Waals surface area contributed by atoms with Crippen LogP contribution in [-0.4, -0.2) is 31.4 Å². The Morgan fingerprint density at radius 1 is 1.04 bits per heavy atom. The maximum atomic E-state index is 12.9. The Bertz CT molecular complexity index is 779. The quantitative estimate of drug-likeness (QED) is 0.700. The SMILES string of the molecule is C[C@H](C(=O)Nc1cc(Cl)cc(Cl)c1)[NH+](C)CC(=O)Nc1ccc(F)cc1. The molecule has 2 aromatic rings. The fraction of sp³-hybridized carbons (Fsp3) is 0.222. The molecule has 138 valence electrons. The summed E-state index contributed by atoms with van der Waals surface area (Å²) >= 11 is 11.8. The fourth-order valence-electron chi connectivity index (χ4n) is 2.25. The molecular formula is C18H19Cl2FN3O2+. The lowest BCUT2D eigenvalue weighted by atomic mass is 10.2. The van der Waals surface area contributed by atoms with E-state index in [0.29, 0.717) is 26.3 Å². The van der Waals surface area contributed by atoms with E-state index in [9.17, 15) is 14.0 Å². The maximum absolute atomic E-state index is 12.9. The third-order valence-electron chi connectivity index (χ3n) is 3.83. The molecule has 0 heterocycles. The van der Waals surface area contributed by atoms with Gasteiger partial charge in [0.1, 0.15) is 5.82 Å². The minimum atomic E-state index is -0.494. The van der Waals surface area contributed by atoms with Crippen molar-refractivity contribution in [3.63, 3.8) is 0 Å². The van der Waals surface area contributed by atoms with E-state index in [1.165, 1.54) is 24.3 Å². The molecule has 5 nitrogen and oxygen atoms in total. The number of amides is 2. The van der Waals surface area contributed by atoms with Gasteiger partial charge in [-0.1, -0.05) is 23.2 Å². The second-order valence-electron chi connectivity index (χ2n) is 5.95. The zero-order valence-electron chi connectivity index (χ0n) is 14.3. The zero-order chi connectivity index (χ0) is 19.3. The summed E-state index contributed by atoms with van der Waals surface area (Å²) in [4.78, 5) is 25.1. The van der Waals surface area contributed by atoms with Crippen LogP contribution >= 0.6 is 23.2 Å². The Morgan fingerprint density at radius 3 is 2.19 bits per heavy atom. The van der Waals surface area contributed by atoms with Gasteiger partial charge in [-0.05, 0) is 49.4 Å². The van der Waals surface area contributed by atoms with Crippen molar-refractivity contribution < 1.29 is 18.9 Å². The highest BCUT2D eigenvalue weighted by Crippen LogP contribution is 2.22. The number of nitrogens with one attached hydrogen (secondary N) is 3. The molecule has 0 bridgehead atoms. The van der Waals surface area contributed by atoms with E-state index in [1.54, 1.807) is 32.2 Å². The zero-order valence-corrected chi connectivity index (χ0v) is 15.8. The maximum Gasteiger partial charge on any atom is 0.282 e. The van der Waals surface area contributed by atoms with Crippen LogP contribution in [0.5, 0.6) is 0 Å². The molecule has 0 fully saturated rings. The summed E-state index contributed by atoms with van der Waals surface area (Å²) in [5, 5.41) is 6.23. The van der Waals surface area contributed by atoms with E-state index < -0.39 is 6.04 Å². The van der Waals surface area contributed by atoms with Crippen LogP contribution in [0.3, 0.4) is 0 Å². The summed E-state index contributed by atoms with van der Waals surface area (Å²) < 4.78 is 12.9.